The molecule has 5 unspecified atom stereocenters. The highest BCUT2D eigenvalue weighted by atomic mass is 32.2. The van der Waals surface area contributed by atoms with E-state index in [1.807, 2.05) is 0 Å². The number of carbonyl (C=O) groups excluding carboxylic acids is 5. The fourth-order valence-electron chi connectivity index (χ4n) is 5.86. The zero-order chi connectivity index (χ0) is 40.2. The first kappa shape index (κ1) is 43.8. The number of ketones is 1. The maximum absolute atomic E-state index is 14.3. The summed E-state index contributed by atoms with van der Waals surface area (Å²) >= 11 is 0. The number of nitrogens with one attached hydrogen (secondary N) is 4. The number of hydrogen-bond acceptors (Lipinski definition) is 12. The van der Waals surface area contributed by atoms with Gasteiger partial charge in [0.1, 0.15) is 48.9 Å². The molecule has 10 N–H and O–H groups in total. The molecule has 4 bridgehead atoms. The Bertz CT molecular complexity index is 1770. The zero-order valence-electron chi connectivity index (χ0n) is 31.5. The van der Waals surface area contributed by atoms with Gasteiger partial charge in [0.05, 0.1) is 12.3 Å². The van der Waals surface area contributed by atoms with Crippen molar-refractivity contribution in [3.63, 3.8) is 0 Å². The van der Waals surface area contributed by atoms with Gasteiger partial charge in [-0.05, 0) is 75.5 Å². The maximum Gasteiger partial charge on any atom is 0.248 e. The lowest BCUT2D eigenvalue weighted by molar-refractivity contribution is -0.141. The van der Waals surface area contributed by atoms with Gasteiger partial charge in [0.25, 0.3) is 0 Å². The van der Waals surface area contributed by atoms with Gasteiger partial charge in [-0.2, -0.15) is 0 Å². The number of benzene rings is 2. The number of nitrogens with two attached hydrogens (primary N) is 3. The molecule has 1 aliphatic rings. The quantitative estimate of drug-likeness (QED) is 0.0976. The molecular formula is C36H54N8O9S. The topological polar surface area (TPSA) is 267 Å². The zero-order valence-corrected chi connectivity index (χ0v) is 32.3. The molecule has 17 nitrogen and oxygen atoms in total. The minimum Gasteiger partial charge on any atom is -0.492 e. The summed E-state index contributed by atoms with van der Waals surface area (Å²) in [5.74, 6) is -2.35. The van der Waals surface area contributed by atoms with E-state index in [0.717, 1.165) is 11.2 Å². The van der Waals surface area contributed by atoms with Crippen molar-refractivity contribution in [1.29, 1.82) is 0 Å². The molecule has 0 saturated carbocycles. The van der Waals surface area contributed by atoms with Gasteiger partial charge in [-0.15, -0.1) is 0 Å². The van der Waals surface area contributed by atoms with Gasteiger partial charge in [0, 0.05) is 37.7 Å². The number of amides is 4. The van der Waals surface area contributed by atoms with E-state index < -0.39 is 63.9 Å². The second-order valence-corrected chi connectivity index (χ2v) is 15.1. The number of likely N-dealkylation sites (N-methyl/N-ethyl adjacent to an activating group) is 1. The molecule has 2 aromatic carbocycles. The normalized spacial score (nSPS) is 18.6. The Balaban J connectivity index is 2.30. The number of sulfonamides is 1. The van der Waals surface area contributed by atoms with Crippen LogP contribution < -0.4 is 47.3 Å². The number of nitrogens with zero attached hydrogens (tertiary/aromatic N) is 1. The molecule has 54 heavy (non-hydrogen) atoms. The van der Waals surface area contributed by atoms with Gasteiger partial charge in [0.15, 0.2) is 5.78 Å². The van der Waals surface area contributed by atoms with E-state index in [9.17, 15) is 32.4 Å². The molecular weight excluding hydrogens is 721 g/mol. The summed E-state index contributed by atoms with van der Waals surface area (Å²) in [6, 6.07) is 4.17. The first-order valence-electron chi connectivity index (χ1n) is 17.8. The minimum atomic E-state index is -3.86. The fraction of sp³-hybridized carbons (Fsp3) is 0.528. The number of carbonyl (C=O) groups is 5. The van der Waals surface area contributed by atoms with E-state index in [1.165, 1.54) is 27.8 Å². The Morgan fingerprint density at radius 1 is 0.926 bits per heavy atom. The number of Topliss-reactive ketones (excluding diaryl/α,β-unsaturated/α-hetero) is 1. The average Bonchev–Trinajstić information content (AvgIpc) is 3.11. The van der Waals surface area contributed by atoms with E-state index in [2.05, 4.69) is 20.7 Å². The van der Waals surface area contributed by atoms with Crippen molar-refractivity contribution in [3.8, 4) is 22.6 Å². The lowest BCUT2D eigenvalue weighted by Gasteiger charge is -2.32. The van der Waals surface area contributed by atoms with Crippen molar-refractivity contribution in [3.05, 3.63) is 47.5 Å². The summed E-state index contributed by atoms with van der Waals surface area (Å²) in [5, 5.41) is 7.99. The van der Waals surface area contributed by atoms with Crippen LogP contribution in [0.25, 0.3) is 11.1 Å². The first-order chi connectivity index (χ1) is 25.5. The third kappa shape index (κ3) is 12.2. The second-order valence-electron chi connectivity index (χ2n) is 13.3. The third-order valence-electron chi connectivity index (χ3n) is 8.78. The maximum atomic E-state index is 14.3. The van der Waals surface area contributed by atoms with Gasteiger partial charge in [-0.1, -0.05) is 18.6 Å². The molecule has 0 fully saturated rings. The molecule has 0 aliphatic carbocycles. The van der Waals surface area contributed by atoms with E-state index in [0.29, 0.717) is 53.1 Å². The fourth-order valence-corrected chi connectivity index (χ4v) is 6.59. The van der Waals surface area contributed by atoms with Crippen molar-refractivity contribution in [2.24, 2.45) is 17.2 Å². The molecule has 5 atom stereocenters. The summed E-state index contributed by atoms with van der Waals surface area (Å²) in [5.41, 5.74) is 19.0. The van der Waals surface area contributed by atoms with Crippen molar-refractivity contribution in [1.82, 2.24) is 25.6 Å². The molecule has 3 rings (SSSR count). The average molecular weight is 775 g/mol. The highest BCUT2D eigenvalue weighted by Gasteiger charge is 2.36. The van der Waals surface area contributed by atoms with Crippen molar-refractivity contribution < 1.29 is 41.9 Å². The molecule has 0 spiro atoms. The largest absolute Gasteiger partial charge is 0.492 e. The van der Waals surface area contributed by atoms with Crippen LogP contribution in [0.2, 0.25) is 0 Å². The first-order valence-corrected chi connectivity index (χ1v) is 19.7. The predicted octanol–water partition coefficient (Wildman–Crippen LogP) is -0.786. The van der Waals surface area contributed by atoms with Crippen LogP contribution in [0.1, 0.15) is 57.2 Å². The van der Waals surface area contributed by atoms with Gasteiger partial charge >= 0.3 is 0 Å². The lowest BCUT2D eigenvalue weighted by Crippen LogP contribution is -2.56. The van der Waals surface area contributed by atoms with Gasteiger partial charge < -0.3 is 47.5 Å². The summed E-state index contributed by atoms with van der Waals surface area (Å²) in [4.78, 5) is 68.7. The summed E-state index contributed by atoms with van der Waals surface area (Å²) in [7, 11) is -2.49. The Labute approximate surface area is 316 Å². The molecule has 0 radical (unpaired) electrons. The molecule has 298 valence electrons. The van der Waals surface area contributed by atoms with E-state index in [-0.39, 0.29) is 44.9 Å². The standard InChI is InChI=1S/C36H54N8O9S/c1-21(23(3)45)40-34(47)29-19-24-9-11-30(52-16-14-38)26(18-24)27-20-25(10-12-31(27)53-17-15-39)32(35(48)41-22(2)33(46)42-29)44(4)36(49)28(8-6-7-13-37)43-54(5,50)51/h9-12,18,20-22,28-29,32,43H,6-8,13-17,19,37-39H2,1-5H3,(H,40,47)(H,41,48)(H,42,46). The SMILES string of the molecule is CC(=O)C(C)NC(=O)C1Cc2ccc(OCCN)c(c2)-c2cc(ccc2OCCN)C(N(C)C(=O)C(CCCCN)NS(C)(=O)=O)C(=O)NC(C)C(=O)N1. The third-order valence-corrected chi connectivity index (χ3v) is 9.50. The Hall–Kier alpha value is -4.62. The number of rotatable bonds is 17. The number of unbranched alkanes of at least 4 members (excludes halogenated alkanes) is 1. The predicted molar refractivity (Wildman–Crippen MR) is 203 cm³/mol. The molecule has 0 aromatic heterocycles. The minimum absolute atomic E-state index is 0.00946. The van der Waals surface area contributed by atoms with Crippen LogP contribution in [-0.2, 0) is 40.4 Å². The van der Waals surface area contributed by atoms with Crippen molar-refractivity contribution in [2.75, 3.05) is 46.2 Å². The monoisotopic (exact) mass is 774 g/mol. The molecule has 1 aliphatic heterocycles. The highest BCUT2D eigenvalue weighted by molar-refractivity contribution is 7.88. The Kier molecular flexibility index (Phi) is 16.4. The Morgan fingerprint density at radius 2 is 1.54 bits per heavy atom. The molecule has 0 saturated heterocycles. The summed E-state index contributed by atoms with van der Waals surface area (Å²) < 4.78 is 39.1. The van der Waals surface area contributed by atoms with Crippen molar-refractivity contribution in [2.45, 2.75) is 76.7 Å². The number of hydrogen-bond donors (Lipinski definition) is 7. The van der Waals surface area contributed by atoms with Gasteiger partial charge in [-0.25, -0.2) is 13.1 Å². The van der Waals surface area contributed by atoms with E-state index in [4.69, 9.17) is 26.7 Å². The van der Waals surface area contributed by atoms with Crippen LogP contribution in [0, 0.1) is 0 Å². The van der Waals surface area contributed by atoms with Crippen molar-refractivity contribution >= 4 is 39.4 Å². The summed E-state index contributed by atoms with van der Waals surface area (Å²) in [6.45, 7) is 5.27. The number of ether oxygens (including phenoxy) is 2. The van der Waals surface area contributed by atoms with Crippen LogP contribution in [0.3, 0.4) is 0 Å². The van der Waals surface area contributed by atoms with Crippen LogP contribution >= 0.6 is 0 Å². The van der Waals surface area contributed by atoms with E-state index >= 15 is 0 Å². The lowest BCUT2D eigenvalue weighted by atomic mass is 9.93. The highest BCUT2D eigenvalue weighted by Crippen LogP contribution is 2.40. The van der Waals surface area contributed by atoms with Crippen LogP contribution in [-0.4, -0.2) is 113 Å². The van der Waals surface area contributed by atoms with Crippen LogP contribution in [0.15, 0.2) is 36.4 Å². The van der Waals surface area contributed by atoms with Gasteiger partial charge in [-0.3, -0.25) is 24.0 Å². The van der Waals surface area contributed by atoms with E-state index in [1.54, 1.807) is 36.4 Å². The summed E-state index contributed by atoms with van der Waals surface area (Å²) in [6.07, 6.45) is 1.99. The molecule has 1 heterocycles. The molecule has 4 amide bonds. The molecule has 2 aromatic rings. The van der Waals surface area contributed by atoms with Crippen LogP contribution in [0.5, 0.6) is 11.5 Å². The van der Waals surface area contributed by atoms with Gasteiger partial charge in [0.2, 0.25) is 33.7 Å². The number of fused-ring (bicyclic) bond motifs is 5. The smallest absolute Gasteiger partial charge is 0.248 e. The Morgan fingerprint density at radius 3 is 2.11 bits per heavy atom. The van der Waals surface area contributed by atoms with Crippen LogP contribution in [0.4, 0.5) is 0 Å². The molecule has 18 heteroatoms. The second kappa shape index (κ2) is 20.2.